The molecule has 0 saturated carbocycles. The molecule has 0 aliphatic heterocycles. The van der Waals surface area contributed by atoms with Crippen LogP contribution >= 0.6 is 0 Å². The molecule has 0 radical (unpaired) electrons. The van der Waals surface area contributed by atoms with Gasteiger partial charge in [-0.2, -0.15) is 0 Å². The first kappa shape index (κ1) is 14.7. The zero-order chi connectivity index (χ0) is 14.4. The van der Waals surface area contributed by atoms with E-state index in [9.17, 15) is 19.3 Å². The highest BCUT2D eigenvalue weighted by molar-refractivity contribution is 5.66. The van der Waals surface area contributed by atoms with Crippen molar-refractivity contribution in [2.45, 2.75) is 12.8 Å². The lowest BCUT2D eigenvalue weighted by atomic mass is 10.2. The van der Waals surface area contributed by atoms with Crippen molar-refractivity contribution in [3.8, 4) is 5.75 Å². The number of hydrogen-bond acceptors (Lipinski definition) is 5. The first-order chi connectivity index (χ1) is 8.95. The summed E-state index contributed by atoms with van der Waals surface area (Å²) < 4.78 is 18.4. The van der Waals surface area contributed by atoms with Crippen molar-refractivity contribution in [1.82, 2.24) is 0 Å². The molecule has 0 bridgehead atoms. The molecule has 0 heterocycles. The van der Waals surface area contributed by atoms with E-state index in [1.165, 1.54) is 13.2 Å². The first-order valence-electron chi connectivity index (χ1n) is 5.43. The number of nitrogens with zero attached hydrogens (tertiary/aromatic N) is 1. The minimum atomic E-state index is -0.941. The minimum absolute atomic E-state index is 0.0350. The second-order valence-electron chi connectivity index (χ2n) is 3.69. The van der Waals surface area contributed by atoms with Crippen molar-refractivity contribution in [3.05, 3.63) is 28.1 Å². The van der Waals surface area contributed by atoms with Gasteiger partial charge < -0.3 is 15.2 Å². The fourth-order valence-corrected chi connectivity index (χ4v) is 1.45. The Hall–Kier alpha value is -2.38. The van der Waals surface area contributed by atoms with Gasteiger partial charge in [0.25, 0.3) is 0 Å². The molecule has 0 aromatic heterocycles. The molecule has 0 amide bonds. The van der Waals surface area contributed by atoms with Crippen LogP contribution in [0.25, 0.3) is 0 Å². The number of ether oxygens (including phenoxy) is 1. The van der Waals surface area contributed by atoms with E-state index in [-0.39, 0.29) is 24.4 Å². The fourth-order valence-electron chi connectivity index (χ4n) is 1.45. The molecule has 0 unspecified atom stereocenters. The summed E-state index contributed by atoms with van der Waals surface area (Å²) in [5.74, 6) is -1.79. The van der Waals surface area contributed by atoms with Gasteiger partial charge in [-0.25, -0.2) is 4.39 Å². The Kier molecular flexibility index (Phi) is 5.04. The molecule has 8 heteroatoms. The Morgan fingerprint density at radius 2 is 2.26 bits per heavy atom. The molecule has 0 spiro atoms. The first-order valence-corrected chi connectivity index (χ1v) is 5.43. The molecule has 1 rings (SSSR count). The van der Waals surface area contributed by atoms with Gasteiger partial charge in [-0.05, 0) is 6.42 Å². The molecular formula is C11H13FN2O5. The molecule has 0 aliphatic rings. The van der Waals surface area contributed by atoms with Gasteiger partial charge in [0, 0.05) is 19.0 Å². The molecule has 0 fully saturated rings. The summed E-state index contributed by atoms with van der Waals surface area (Å²) >= 11 is 0. The molecule has 19 heavy (non-hydrogen) atoms. The maximum absolute atomic E-state index is 13.6. The van der Waals surface area contributed by atoms with Crippen LogP contribution in [0, 0.1) is 15.9 Å². The second kappa shape index (κ2) is 6.53. The number of rotatable bonds is 7. The monoisotopic (exact) mass is 272 g/mol. The van der Waals surface area contributed by atoms with Gasteiger partial charge in [0.2, 0.25) is 0 Å². The van der Waals surface area contributed by atoms with E-state index in [0.29, 0.717) is 6.42 Å². The Labute approximate surface area is 108 Å². The largest absolute Gasteiger partial charge is 0.490 e. The second-order valence-corrected chi connectivity index (χ2v) is 3.69. The Morgan fingerprint density at radius 1 is 1.58 bits per heavy atom. The predicted octanol–water partition coefficient (Wildman–Crippen LogP) is 2.02. The summed E-state index contributed by atoms with van der Waals surface area (Å²) in [6.45, 7) is 0.240. The maximum Gasteiger partial charge on any atom is 0.313 e. The number of methoxy groups -OCH3 is 1. The number of nitro benzene ring substituents is 1. The van der Waals surface area contributed by atoms with Crippen molar-refractivity contribution in [3.63, 3.8) is 0 Å². The van der Waals surface area contributed by atoms with E-state index in [0.717, 1.165) is 6.07 Å². The van der Waals surface area contributed by atoms with Crippen LogP contribution in [0.1, 0.15) is 12.8 Å². The highest BCUT2D eigenvalue weighted by Crippen LogP contribution is 2.32. The SMILES string of the molecule is COc1cc(NCCCC(=O)O)c(F)cc1[N+](=O)[O-]. The van der Waals surface area contributed by atoms with Gasteiger partial charge in [0.15, 0.2) is 11.6 Å². The van der Waals surface area contributed by atoms with E-state index in [2.05, 4.69) is 5.32 Å². The van der Waals surface area contributed by atoms with Crippen LogP contribution in [0.15, 0.2) is 12.1 Å². The lowest BCUT2D eigenvalue weighted by Crippen LogP contribution is -2.07. The van der Waals surface area contributed by atoms with Gasteiger partial charge in [-0.1, -0.05) is 0 Å². The third-order valence-corrected chi connectivity index (χ3v) is 2.35. The molecular weight excluding hydrogens is 259 g/mol. The quantitative estimate of drug-likeness (QED) is 0.447. The number of nitrogens with one attached hydrogen (secondary N) is 1. The number of benzene rings is 1. The highest BCUT2D eigenvalue weighted by atomic mass is 19.1. The number of halogens is 1. The van der Waals surface area contributed by atoms with Crippen LogP contribution in [0.3, 0.4) is 0 Å². The number of aliphatic carboxylic acids is 1. The van der Waals surface area contributed by atoms with Crippen LogP contribution in [-0.4, -0.2) is 29.7 Å². The molecule has 0 saturated heterocycles. The summed E-state index contributed by atoms with van der Waals surface area (Å²) in [7, 11) is 1.24. The highest BCUT2D eigenvalue weighted by Gasteiger charge is 2.18. The van der Waals surface area contributed by atoms with E-state index in [1.807, 2.05) is 0 Å². The number of hydrogen-bond donors (Lipinski definition) is 2. The summed E-state index contributed by atoms with van der Waals surface area (Å²) in [6, 6.07) is 1.94. The molecule has 104 valence electrons. The average molecular weight is 272 g/mol. The number of anilines is 1. The van der Waals surface area contributed by atoms with Crippen molar-refractivity contribution in [2.75, 3.05) is 19.0 Å². The van der Waals surface area contributed by atoms with Gasteiger partial charge >= 0.3 is 11.7 Å². The van der Waals surface area contributed by atoms with Crippen LogP contribution in [0.4, 0.5) is 15.8 Å². The van der Waals surface area contributed by atoms with Crippen LogP contribution in [0.2, 0.25) is 0 Å². The Balaban J connectivity index is 2.79. The normalized spacial score (nSPS) is 10.0. The lowest BCUT2D eigenvalue weighted by molar-refractivity contribution is -0.385. The summed E-state index contributed by atoms with van der Waals surface area (Å²) in [5, 5.41) is 21.8. The summed E-state index contributed by atoms with van der Waals surface area (Å²) in [4.78, 5) is 20.2. The minimum Gasteiger partial charge on any atom is -0.490 e. The third kappa shape index (κ3) is 4.09. The van der Waals surface area contributed by atoms with Gasteiger partial charge in [0.1, 0.15) is 0 Å². The summed E-state index contributed by atoms with van der Waals surface area (Å²) in [6.07, 6.45) is 0.271. The standard InChI is InChI=1S/C11H13FN2O5/c1-19-10-6-8(13-4-2-3-11(15)16)7(12)5-9(10)14(17)18/h5-6,13H,2-4H2,1H3,(H,15,16). The Bertz CT molecular complexity index is 492. The molecule has 1 aromatic carbocycles. The van der Waals surface area contributed by atoms with Crippen molar-refractivity contribution < 1.29 is 24.0 Å². The van der Waals surface area contributed by atoms with E-state index in [1.54, 1.807) is 0 Å². The third-order valence-electron chi connectivity index (χ3n) is 2.35. The number of nitro groups is 1. The molecule has 0 aliphatic carbocycles. The molecule has 1 aromatic rings. The number of carboxylic acids is 1. The van der Waals surface area contributed by atoms with Crippen molar-refractivity contribution >= 4 is 17.3 Å². The topological polar surface area (TPSA) is 102 Å². The van der Waals surface area contributed by atoms with Crippen LogP contribution < -0.4 is 10.1 Å². The fraction of sp³-hybridized carbons (Fsp3) is 0.364. The van der Waals surface area contributed by atoms with Gasteiger partial charge in [-0.3, -0.25) is 14.9 Å². The van der Waals surface area contributed by atoms with Crippen LogP contribution in [-0.2, 0) is 4.79 Å². The Morgan fingerprint density at radius 3 is 2.79 bits per heavy atom. The van der Waals surface area contributed by atoms with E-state index >= 15 is 0 Å². The van der Waals surface area contributed by atoms with Crippen molar-refractivity contribution in [2.24, 2.45) is 0 Å². The smallest absolute Gasteiger partial charge is 0.313 e. The molecule has 2 N–H and O–H groups in total. The predicted molar refractivity (Wildman–Crippen MR) is 65.0 cm³/mol. The lowest BCUT2D eigenvalue weighted by Gasteiger charge is -2.09. The van der Waals surface area contributed by atoms with E-state index < -0.39 is 22.4 Å². The molecule has 0 atom stereocenters. The molecule has 7 nitrogen and oxygen atoms in total. The zero-order valence-corrected chi connectivity index (χ0v) is 10.2. The van der Waals surface area contributed by atoms with Crippen molar-refractivity contribution in [1.29, 1.82) is 0 Å². The zero-order valence-electron chi connectivity index (χ0n) is 10.2. The maximum atomic E-state index is 13.6. The van der Waals surface area contributed by atoms with Gasteiger partial charge in [0.05, 0.1) is 23.8 Å². The summed E-state index contributed by atoms with van der Waals surface area (Å²) in [5.41, 5.74) is -0.427. The van der Waals surface area contributed by atoms with E-state index in [4.69, 9.17) is 9.84 Å². The van der Waals surface area contributed by atoms with Crippen LogP contribution in [0.5, 0.6) is 5.75 Å². The number of carbonyl (C=O) groups is 1. The number of carboxylic acid groups (broad SMARTS) is 1. The van der Waals surface area contributed by atoms with Gasteiger partial charge in [-0.15, -0.1) is 0 Å². The average Bonchev–Trinajstić information content (AvgIpc) is 2.35.